The van der Waals surface area contributed by atoms with Gasteiger partial charge in [-0.1, -0.05) is 0 Å². The Morgan fingerprint density at radius 2 is 1.18 bits per heavy atom. The molecule has 1 heterocycles. The lowest BCUT2D eigenvalue weighted by Gasteiger charge is -2.13. The molecule has 12 nitrogen and oxygen atoms in total. The number of imide groups is 1. The highest BCUT2D eigenvalue weighted by atomic mass is 16.6. The average molecular weight is 475 g/mol. The summed E-state index contributed by atoms with van der Waals surface area (Å²) in [4.78, 5) is 46.3. The van der Waals surface area contributed by atoms with E-state index in [2.05, 4.69) is 10.1 Å². The van der Waals surface area contributed by atoms with Crippen molar-refractivity contribution in [1.29, 1.82) is 0 Å². The van der Waals surface area contributed by atoms with Crippen molar-refractivity contribution in [3.05, 3.63) is 12.2 Å². The van der Waals surface area contributed by atoms with Crippen LogP contribution in [0.1, 0.15) is 12.8 Å². The molecule has 0 atom stereocenters. The van der Waals surface area contributed by atoms with Gasteiger partial charge in [0, 0.05) is 31.7 Å². The van der Waals surface area contributed by atoms with Crippen molar-refractivity contribution in [2.24, 2.45) is 0 Å². The summed E-state index contributed by atoms with van der Waals surface area (Å²) in [7, 11) is 1.34. The maximum atomic E-state index is 11.7. The molecule has 0 bridgehead atoms. The quantitative estimate of drug-likeness (QED) is 0.126. The van der Waals surface area contributed by atoms with Gasteiger partial charge < -0.3 is 33.7 Å². The Morgan fingerprint density at radius 1 is 0.727 bits per heavy atom. The Morgan fingerprint density at radius 3 is 1.67 bits per heavy atom. The summed E-state index contributed by atoms with van der Waals surface area (Å²) >= 11 is 0. The van der Waals surface area contributed by atoms with Gasteiger partial charge in [-0.3, -0.25) is 24.1 Å². The van der Waals surface area contributed by atoms with E-state index in [9.17, 15) is 19.2 Å². The molecule has 0 fully saturated rings. The van der Waals surface area contributed by atoms with Gasteiger partial charge in [-0.25, -0.2) is 0 Å². The van der Waals surface area contributed by atoms with Gasteiger partial charge in [-0.15, -0.1) is 0 Å². The number of amides is 3. The molecular formula is C21H34N2O10. The van der Waals surface area contributed by atoms with E-state index in [1.807, 2.05) is 0 Å². The highest BCUT2D eigenvalue weighted by Crippen LogP contribution is 2.03. The lowest BCUT2D eigenvalue weighted by atomic mass is 10.3. The Bertz CT molecular complexity index is 608. The number of esters is 1. The number of carbonyl (C=O) groups excluding carboxylic acids is 4. The molecule has 0 spiro atoms. The summed E-state index contributed by atoms with van der Waals surface area (Å²) in [5.41, 5.74) is 0. The van der Waals surface area contributed by atoms with Crippen molar-refractivity contribution in [2.45, 2.75) is 12.8 Å². The zero-order chi connectivity index (χ0) is 24.2. The van der Waals surface area contributed by atoms with E-state index in [1.165, 1.54) is 19.3 Å². The maximum absolute atomic E-state index is 11.7. The molecule has 0 aromatic carbocycles. The molecule has 0 aromatic heterocycles. The number of hydrogen-bond acceptors (Lipinski definition) is 10. The number of ether oxygens (including phenoxy) is 6. The van der Waals surface area contributed by atoms with Crippen molar-refractivity contribution >= 4 is 23.7 Å². The van der Waals surface area contributed by atoms with Crippen LogP contribution in [0.5, 0.6) is 0 Å². The first-order valence-electron chi connectivity index (χ1n) is 10.8. The topological polar surface area (TPSA) is 139 Å². The van der Waals surface area contributed by atoms with Crippen LogP contribution in [0, 0.1) is 0 Å². The van der Waals surface area contributed by atoms with Crippen LogP contribution in [0.15, 0.2) is 12.2 Å². The molecule has 3 amide bonds. The number of rotatable bonds is 21. The van der Waals surface area contributed by atoms with E-state index in [4.69, 9.17) is 23.7 Å². The second kappa shape index (κ2) is 19.1. The normalized spacial score (nSPS) is 13.1. The first-order chi connectivity index (χ1) is 16.0. The molecule has 0 radical (unpaired) electrons. The van der Waals surface area contributed by atoms with Gasteiger partial charge in [-0.2, -0.15) is 0 Å². The van der Waals surface area contributed by atoms with Crippen molar-refractivity contribution in [1.82, 2.24) is 10.2 Å². The molecule has 33 heavy (non-hydrogen) atoms. The fraction of sp³-hybridized carbons (Fsp3) is 0.714. The van der Waals surface area contributed by atoms with Crippen molar-refractivity contribution in [3.63, 3.8) is 0 Å². The third-order valence-electron chi connectivity index (χ3n) is 4.20. The number of carbonyl (C=O) groups is 4. The molecule has 1 aliphatic rings. The van der Waals surface area contributed by atoms with Gasteiger partial charge in [0.15, 0.2) is 0 Å². The molecule has 0 unspecified atom stereocenters. The fourth-order valence-corrected chi connectivity index (χ4v) is 2.46. The van der Waals surface area contributed by atoms with Gasteiger partial charge in [0.2, 0.25) is 5.91 Å². The third-order valence-corrected chi connectivity index (χ3v) is 4.20. The van der Waals surface area contributed by atoms with E-state index in [-0.39, 0.29) is 31.3 Å². The van der Waals surface area contributed by atoms with Gasteiger partial charge in [0.1, 0.15) is 0 Å². The highest BCUT2D eigenvalue weighted by Gasteiger charge is 2.23. The summed E-state index contributed by atoms with van der Waals surface area (Å²) in [6.45, 7) is 4.41. The average Bonchev–Trinajstić information content (AvgIpc) is 3.13. The van der Waals surface area contributed by atoms with E-state index >= 15 is 0 Å². The second-order valence-corrected chi connectivity index (χ2v) is 6.65. The van der Waals surface area contributed by atoms with Crippen LogP contribution >= 0.6 is 0 Å². The van der Waals surface area contributed by atoms with Crippen molar-refractivity contribution < 1.29 is 47.6 Å². The lowest BCUT2D eigenvalue weighted by molar-refractivity contribution is -0.142. The number of nitrogens with zero attached hydrogens (tertiary/aromatic N) is 1. The van der Waals surface area contributed by atoms with Crippen molar-refractivity contribution in [2.75, 3.05) is 86.3 Å². The number of nitrogens with one attached hydrogen (secondary N) is 1. The maximum Gasteiger partial charge on any atom is 0.307 e. The molecule has 188 valence electrons. The first-order valence-corrected chi connectivity index (χ1v) is 10.8. The molecule has 0 saturated carbocycles. The minimum Gasteiger partial charge on any atom is -0.469 e. The third kappa shape index (κ3) is 15.1. The number of methoxy groups -OCH3 is 1. The Hall–Kier alpha value is -2.38. The van der Waals surface area contributed by atoms with Crippen LogP contribution in [0.25, 0.3) is 0 Å². The Labute approximate surface area is 193 Å². The first kappa shape index (κ1) is 28.7. The fourth-order valence-electron chi connectivity index (χ4n) is 2.46. The van der Waals surface area contributed by atoms with Crippen LogP contribution < -0.4 is 5.32 Å². The molecule has 0 saturated heterocycles. The van der Waals surface area contributed by atoms with E-state index < -0.39 is 11.8 Å². The van der Waals surface area contributed by atoms with E-state index in [0.29, 0.717) is 72.6 Å². The van der Waals surface area contributed by atoms with E-state index in [1.54, 1.807) is 0 Å². The van der Waals surface area contributed by atoms with E-state index in [0.717, 1.165) is 4.90 Å². The zero-order valence-electron chi connectivity index (χ0n) is 19.1. The van der Waals surface area contributed by atoms with Crippen LogP contribution in [0.4, 0.5) is 0 Å². The minimum atomic E-state index is -0.398. The Kier molecular flexibility index (Phi) is 16.6. The van der Waals surface area contributed by atoms with Crippen LogP contribution in [0.3, 0.4) is 0 Å². The van der Waals surface area contributed by atoms with Crippen LogP contribution in [-0.4, -0.2) is 115 Å². The highest BCUT2D eigenvalue weighted by molar-refractivity contribution is 6.13. The molecule has 0 aliphatic carbocycles. The molecular weight excluding hydrogens is 440 g/mol. The summed E-state index contributed by atoms with van der Waals surface area (Å²) in [5.74, 6) is -1.35. The van der Waals surface area contributed by atoms with Crippen LogP contribution in [0.2, 0.25) is 0 Å². The predicted molar refractivity (Wildman–Crippen MR) is 114 cm³/mol. The smallest absolute Gasteiger partial charge is 0.307 e. The minimum absolute atomic E-state index is 0.0537. The number of hydrogen-bond donors (Lipinski definition) is 1. The molecule has 0 aromatic rings. The monoisotopic (exact) mass is 474 g/mol. The van der Waals surface area contributed by atoms with Gasteiger partial charge in [0.05, 0.1) is 79.6 Å². The van der Waals surface area contributed by atoms with Crippen molar-refractivity contribution in [3.8, 4) is 0 Å². The Balaban J connectivity index is 1.75. The SMILES string of the molecule is COC(=O)CCOCCOCCOCCOCCOCCNC(=O)CCN1C(=O)C=CC1=O. The zero-order valence-corrected chi connectivity index (χ0v) is 19.1. The summed E-state index contributed by atoms with van der Waals surface area (Å²) in [6.07, 6.45) is 2.66. The summed E-state index contributed by atoms with van der Waals surface area (Å²) in [5, 5.41) is 2.66. The van der Waals surface area contributed by atoms with Gasteiger partial charge >= 0.3 is 5.97 Å². The van der Waals surface area contributed by atoms with Gasteiger partial charge in [-0.05, 0) is 0 Å². The van der Waals surface area contributed by atoms with Gasteiger partial charge in [0.25, 0.3) is 11.8 Å². The summed E-state index contributed by atoms with van der Waals surface area (Å²) < 4.78 is 31.1. The molecule has 1 aliphatic heterocycles. The standard InChI is InChI=1S/C21H34N2O10/c1-28-21(27)5-8-29-10-12-31-14-16-33-17-15-32-13-11-30-9-6-22-18(24)4-7-23-19(25)2-3-20(23)26/h2-3H,4-17H2,1H3,(H,22,24). The molecule has 1 N–H and O–H groups in total. The molecule has 1 rings (SSSR count). The largest absolute Gasteiger partial charge is 0.469 e. The lowest BCUT2D eigenvalue weighted by Crippen LogP contribution is -2.35. The second-order valence-electron chi connectivity index (χ2n) is 6.65. The van der Waals surface area contributed by atoms with Crippen LogP contribution in [-0.2, 0) is 47.6 Å². The predicted octanol–water partition coefficient (Wildman–Crippen LogP) is -0.936. The summed E-state index contributed by atoms with van der Waals surface area (Å²) in [6, 6.07) is 0. The molecule has 12 heteroatoms.